The highest BCUT2D eigenvalue weighted by atomic mass is 32.2. The summed E-state index contributed by atoms with van der Waals surface area (Å²) in [5, 5.41) is 5.09. The Bertz CT molecular complexity index is 486. The monoisotopic (exact) mass is 336 g/mol. The van der Waals surface area contributed by atoms with Crippen LogP contribution in [0.2, 0.25) is 0 Å². The molecule has 0 bridgehead atoms. The molecule has 1 atom stereocenters. The van der Waals surface area contributed by atoms with E-state index in [1.807, 2.05) is 11.6 Å². The first kappa shape index (κ1) is 18.0. The summed E-state index contributed by atoms with van der Waals surface area (Å²) in [6.45, 7) is 6.14. The minimum atomic E-state index is -3.39. The second-order valence-electron chi connectivity index (χ2n) is 4.80. The fourth-order valence-electron chi connectivity index (χ4n) is 1.75. The molecule has 0 saturated heterocycles. The third-order valence-corrected chi connectivity index (χ3v) is 6.24. The van der Waals surface area contributed by atoms with Crippen molar-refractivity contribution in [3.63, 3.8) is 0 Å². The topological polar surface area (TPSA) is 58.2 Å². The van der Waals surface area contributed by atoms with E-state index >= 15 is 0 Å². The van der Waals surface area contributed by atoms with Gasteiger partial charge in [-0.25, -0.2) is 13.1 Å². The maximum absolute atomic E-state index is 12.3. The van der Waals surface area contributed by atoms with E-state index < -0.39 is 10.0 Å². The summed E-state index contributed by atoms with van der Waals surface area (Å²) in [5.74, 6) is 1.29. The third kappa shape index (κ3) is 5.73. The maximum atomic E-state index is 12.3. The Balaban J connectivity index is 2.65. The molecule has 0 aliphatic rings. The van der Waals surface area contributed by atoms with Gasteiger partial charge < -0.3 is 5.32 Å². The van der Waals surface area contributed by atoms with Crippen LogP contribution in [-0.2, 0) is 16.6 Å². The van der Waals surface area contributed by atoms with Crippen LogP contribution in [0.3, 0.4) is 0 Å². The van der Waals surface area contributed by atoms with Gasteiger partial charge in [-0.1, -0.05) is 13.8 Å². The van der Waals surface area contributed by atoms with Crippen molar-refractivity contribution in [1.29, 1.82) is 0 Å². The van der Waals surface area contributed by atoms with Gasteiger partial charge in [0.2, 0.25) is 10.0 Å². The van der Waals surface area contributed by atoms with E-state index in [0.29, 0.717) is 23.9 Å². The van der Waals surface area contributed by atoms with Crippen molar-refractivity contribution in [2.45, 2.75) is 31.7 Å². The first-order chi connectivity index (χ1) is 9.51. The Morgan fingerprint density at radius 3 is 2.85 bits per heavy atom. The zero-order valence-electron chi connectivity index (χ0n) is 12.3. The van der Waals surface area contributed by atoms with Crippen LogP contribution in [0.15, 0.2) is 16.3 Å². The average Bonchev–Trinajstić information content (AvgIpc) is 2.87. The van der Waals surface area contributed by atoms with Crippen molar-refractivity contribution < 1.29 is 8.42 Å². The van der Waals surface area contributed by atoms with Crippen molar-refractivity contribution >= 4 is 33.1 Å². The van der Waals surface area contributed by atoms with E-state index in [1.54, 1.807) is 17.8 Å². The molecule has 0 saturated carbocycles. The van der Waals surface area contributed by atoms with E-state index in [9.17, 15) is 8.42 Å². The highest BCUT2D eigenvalue weighted by Gasteiger charge is 2.19. The molecule has 0 aromatic carbocycles. The van der Waals surface area contributed by atoms with E-state index in [0.717, 1.165) is 23.6 Å². The SMILES string of the molecule is CCCNCc1sccc1S(=O)(=O)NCC(C)CSC. The molecular formula is C13H24N2O2S3. The summed E-state index contributed by atoms with van der Waals surface area (Å²) in [6, 6.07) is 1.69. The van der Waals surface area contributed by atoms with Gasteiger partial charge in [-0.15, -0.1) is 11.3 Å². The first-order valence-electron chi connectivity index (χ1n) is 6.77. The summed E-state index contributed by atoms with van der Waals surface area (Å²) in [5.41, 5.74) is 0. The number of rotatable bonds is 10. The molecule has 1 heterocycles. The predicted octanol–water partition coefficient (Wildman–Crippen LogP) is 2.53. The maximum Gasteiger partial charge on any atom is 0.241 e. The number of hydrogen-bond donors (Lipinski definition) is 2. The quantitative estimate of drug-likeness (QED) is 0.645. The largest absolute Gasteiger partial charge is 0.312 e. The smallest absolute Gasteiger partial charge is 0.241 e. The molecule has 0 amide bonds. The molecule has 1 aromatic heterocycles. The molecule has 0 fully saturated rings. The minimum absolute atomic E-state index is 0.333. The van der Waals surface area contributed by atoms with E-state index in [1.165, 1.54) is 11.3 Å². The summed E-state index contributed by atoms with van der Waals surface area (Å²) < 4.78 is 27.3. The number of sulfonamides is 1. The highest BCUT2D eigenvalue weighted by molar-refractivity contribution is 7.98. The lowest BCUT2D eigenvalue weighted by Crippen LogP contribution is -2.30. The van der Waals surface area contributed by atoms with Gasteiger partial charge in [-0.05, 0) is 42.3 Å². The molecule has 0 radical (unpaired) electrons. The normalized spacial score (nSPS) is 13.6. The zero-order chi connectivity index (χ0) is 15.0. The van der Waals surface area contributed by atoms with Gasteiger partial charge >= 0.3 is 0 Å². The van der Waals surface area contributed by atoms with Crippen LogP contribution in [-0.4, -0.2) is 33.5 Å². The van der Waals surface area contributed by atoms with Crippen LogP contribution in [0.4, 0.5) is 0 Å². The lowest BCUT2D eigenvalue weighted by atomic mass is 10.2. The van der Waals surface area contributed by atoms with Crippen LogP contribution >= 0.6 is 23.1 Å². The van der Waals surface area contributed by atoms with Gasteiger partial charge in [0.05, 0.1) is 4.90 Å². The molecule has 2 N–H and O–H groups in total. The van der Waals surface area contributed by atoms with Crippen molar-refractivity contribution in [1.82, 2.24) is 10.0 Å². The first-order valence-corrected chi connectivity index (χ1v) is 10.5. The van der Waals surface area contributed by atoms with Gasteiger partial charge in [-0.2, -0.15) is 11.8 Å². The lowest BCUT2D eigenvalue weighted by Gasteiger charge is -2.12. The Labute approximate surface area is 130 Å². The van der Waals surface area contributed by atoms with Crippen molar-refractivity contribution in [2.24, 2.45) is 5.92 Å². The minimum Gasteiger partial charge on any atom is -0.312 e. The molecule has 116 valence electrons. The van der Waals surface area contributed by atoms with Crippen molar-refractivity contribution in [3.8, 4) is 0 Å². The number of thioether (sulfide) groups is 1. The van der Waals surface area contributed by atoms with Gasteiger partial charge in [0.15, 0.2) is 0 Å². The zero-order valence-corrected chi connectivity index (χ0v) is 14.8. The Morgan fingerprint density at radius 2 is 2.20 bits per heavy atom. The molecule has 7 heteroatoms. The lowest BCUT2D eigenvalue weighted by molar-refractivity contribution is 0.561. The molecule has 1 unspecified atom stereocenters. The van der Waals surface area contributed by atoms with Crippen LogP contribution in [0, 0.1) is 5.92 Å². The van der Waals surface area contributed by atoms with E-state index in [4.69, 9.17) is 0 Å². The number of hydrogen-bond acceptors (Lipinski definition) is 5. The van der Waals surface area contributed by atoms with Crippen molar-refractivity contribution in [2.75, 3.05) is 25.1 Å². The Hall–Kier alpha value is -0.0800. The van der Waals surface area contributed by atoms with Crippen molar-refractivity contribution in [3.05, 3.63) is 16.3 Å². The predicted molar refractivity (Wildman–Crippen MR) is 89.1 cm³/mol. The summed E-state index contributed by atoms with van der Waals surface area (Å²) >= 11 is 3.22. The second kappa shape index (κ2) is 9.04. The molecule has 1 aromatic rings. The van der Waals surface area contributed by atoms with Crippen LogP contribution in [0.25, 0.3) is 0 Å². The fraction of sp³-hybridized carbons (Fsp3) is 0.692. The summed E-state index contributed by atoms with van der Waals surface area (Å²) in [4.78, 5) is 1.30. The molecule has 0 aliphatic heterocycles. The summed E-state index contributed by atoms with van der Waals surface area (Å²) in [7, 11) is -3.39. The Morgan fingerprint density at radius 1 is 1.45 bits per heavy atom. The van der Waals surface area contributed by atoms with Gasteiger partial charge in [-0.3, -0.25) is 0 Å². The highest BCUT2D eigenvalue weighted by Crippen LogP contribution is 2.21. The van der Waals surface area contributed by atoms with Gasteiger partial charge in [0.25, 0.3) is 0 Å². The Kier molecular flexibility index (Phi) is 8.13. The standard InChI is InChI=1S/C13H24N2O2S3/c1-4-6-14-9-12-13(5-7-19-12)20(16,17)15-8-11(2)10-18-3/h5,7,11,14-15H,4,6,8-10H2,1-3H3. The van der Waals surface area contributed by atoms with Gasteiger partial charge in [0, 0.05) is 18.0 Å². The fourth-order valence-corrected chi connectivity index (χ4v) is 5.01. The number of nitrogens with one attached hydrogen (secondary N) is 2. The van der Waals surface area contributed by atoms with Crippen LogP contribution < -0.4 is 10.0 Å². The molecule has 1 rings (SSSR count). The molecule has 20 heavy (non-hydrogen) atoms. The third-order valence-electron chi connectivity index (χ3n) is 2.78. The average molecular weight is 337 g/mol. The van der Waals surface area contributed by atoms with E-state index in [2.05, 4.69) is 23.9 Å². The molecule has 0 aliphatic carbocycles. The van der Waals surface area contributed by atoms with Crippen LogP contribution in [0.1, 0.15) is 25.1 Å². The molecular weight excluding hydrogens is 312 g/mol. The number of thiophene rings is 1. The summed E-state index contributed by atoms with van der Waals surface area (Å²) in [6.07, 6.45) is 3.07. The molecule has 4 nitrogen and oxygen atoms in total. The van der Waals surface area contributed by atoms with Gasteiger partial charge in [0.1, 0.15) is 0 Å². The van der Waals surface area contributed by atoms with Crippen LogP contribution in [0.5, 0.6) is 0 Å². The van der Waals surface area contributed by atoms with E-state index in [-0.39, 0.29) is 0 Å². The second-order valence-corrected chi connectivity index (χ2v) is 8.44. The molecule has 0 spiro atoms.